The lowest BCUT2D eigenvalue weighted by Crippen LogP contribution is -2.38. The lowest BCUT2D eigenvalue weighted by atomic mass is 10.2. The van der Waals surface area contributed by atoms with Crippen molar-refractivity contribution in [2.45, 2.75) is 11.8 Å². The Morgan fingerprint density at radius 3 is 2.14 bits per heavy atom. The molecule has 5 nitrogen and oxygen atoms in total. The van der Waals surface area contributed by atoms with E-state index in [1.807, 2.05) is 6.92 Å². The second kappa shape index (κ2) is 8.98. The second-order valence-corrected chi connectivity index (χ2v) is 9.57. The summed E-state index contributed by atoms with van der Waals surface area (Å²) < 4.78 is 28.5. The topological polar surface area (TPSA) is 66.5 Å². The first-order chi connectivity index (χ1) is 13.8. The van der Waals surface area contributed by atoms with Crippen molar-refractivity contribution in [2.75, 3.05) is 16.2 Å². The summed E-state index contributed by atoms with van der Waals surface area (Å²) in [5.41, 5.74) is 1.86. The van der Waals surface area contributed by atoms with Crippen LogP contribution in [0.15, 0.2) is 82.2 Å². The fourth-order valence-corrected chi connectivity index (χ4v) is 4.44. The normalized spacial score (nSPS) is 11.1. The molecule has 0 aliphatic carbocycles. The van der Waals surface area contributed by atoms with Crippen molar-refractivity contribution in [1.29, 1.82) is 0 Å². The average Bonchev–Trinajstić information content (AvgIpc) is 2.69. The molecule has 0 aromatic heterocycles. The van der Waals surface area contributed by atoms with Gasteiger partial charge in [-0.25, -0.2) is 8.42 Å². The van der Waals surface area contributed by atoms with E-state index in [0.717, 1.165) is 14.3 Å². The zero-order valence-corrected chi connectivity index (χ0v) is 18.6. The number of carbonyl (C=O) groups excluding carboxylic acids is 1. The van der Waals surface area contributed by atoms with Gasteiger partial charge >= 0.3 is 0 Å². The molecular formula is C21H18BrClN2O3S. The third-order valence-corrected chi connectivity index (χ3v) is 6.71. The highest BCUT2D eigenvalue weighted by atomic mass is 79.9. The minimum Gasteiger partial charge on any atom is -0.325 e. The van der Waals surface area contributed by atoms with Crippen molar-refractivity contribution < 1.29 is 13.2 Å². The Labute approximate surface area is 183 Å². The second-order valence-electron chi connectivity index (χ2n) is 6.36. The van der Waals surface area contributed by atoms with Gasteiger partial charge in [0, 0.05) is 15.2 Å². The summed E-state index contributed by atoms with van der Waals surface area (Å²) in [7, 11) is -3.94. The summed E-state index contributed by atoms with van der Waals surface area (Å²) in [5, 5.41) is 3.24. The number of sulfonamides is 1. The number of rotatable bonds is 6. The fourth-order valence-electron chi connectivity index (χ4n) is 2.62. The third kappa shape index (κ3) is 5.38. The Morgan fingerprint density at radius 2 is 1.55 bits per heavy atom. The smallest absolute Gasteiger partial charge is 0.264 e. The van der Waals surface area contributed by atoms with Crippen molar-refractivity contribution in [3.63, 3.8) is 0 Å². The van der Waals surface area contributed by atoms with Gasteiger partial charge < -0.3 is 5.32 Å². The number of benzene rings is 3. The number of carbonyl (C=O) groups is 1. The fraction of sp³-hybridized carbons (Fsp3) is 0.0952. The number of nitrogens with zero attached hydrogens (tertiary/aromatic N) is 1. The molecule has 1 amide bonds. The first kappa shape index (κ1) is 21.4. The molecule has 0 atom stereocenters. The predicted molar refractivity (Wildman–Crippen MR) is 120 cm³/mol. The SMILES string of the molecule is Cc1ccc(S(=O)(=O)N(CC(=O)Nc2ccc(Cl)cc2)c2ccc(Br)cc2)cc1. The number of amides is 1. The summed E-state index contributed by atoms with van der Waals surface area (Å²) in [5.74, 6) is -0.467. The molecule has 0 aliphatic heterocycles. The van der Waals surface area contributed by atoms with E-state index in [0.29, 0.717) is 16.4 Å². The highest BCUT2D eigenvalue weighted by Crippen LogP contribution is 2.26. The highest BCUT2D eigenvalue weighted by Gasteiger charge is 2.27. The molecular weight excluding hydrogens is 476 g/mol. The number of halogens is 2. The van der Waals surface area contributed by atoms with Crippen LogP contribution in [0.2, 0.25) is 5.02 Å². The molecule has 0 heterocycles. The molecule has 1 N–H and O–H groups in total. The molecule has 3 rings (SSSR count). The summed E-state index contributed by atoms with van der Waals surface area (Å²) in [6.07, 6.45) is 0. The van der Waals surface area contributed by atoms with Gasteiger partial charge in [0.25, 0.3) is 10.0 Å². The van der Waals surface area contributed by atoms with Crippen LogP contribution in [0.5, 0.6) is 0 Å². The van der Waals surface area contributed by atoms with Crippen molar-refractivity contribution in [2.24, 2.45) is 0 Å². The molecule has 3 aromatic carbocycles. The van der Waals surface area contributed by atoms with Gasteiger partial charge in [0.1, 0.15) is 6.54 Å². The van der Waals surface area contributed by atoms with Crippen LogP contribution >= 0.6 is 27.5 Å². The van der Waals surface area contributed by atoms with Crippen molar-refractivity contribution >= 4 is 54.8 Å². The van der Waals surface area contributed by atoms with Crippen molar-refractivity contribution in [3.05, 3.63) is 87.9 Å². The van der Waals surface area contributed by atoms with E-state index in [1.54, 1.807) is 60.7 Å². The summed E-state index contributed by atoms with van der Waals surface area (Å²) >= 11 is 9.20. The number of anilines is 2. The molecule has 0 aliphatic rings. The molecule has 29 heavy (non-hydrogen) atoms. The Morgan fingerprint density at radius 1 is 0.966 bits per heavy atom. The molecule has 0 saturated heterocycles. The van der Waals surface area contributed by atoms with Crippen LogP contribution in [-0.4, -0.2) is 20.9 Å². The van der Waals surface area contributed by atoms with E-state index in [1.165, 1.54) is 12.1 Å². The number of nitrogens with one attached hydrogen (secondary N) is 1. The molecule has 0 spiro atoms. The highest BCUT2D eigenvalue weighted by molar-refractivity contribution is 9.10. The molecule has 0 fully saturated rings. The van der Waals surface area contributed by atoms with Gasteiger partial charge in [-0.05, 0) is 67.6 Å². The maximum atomic E-state index is 13.3. The van der Waals surface area contributed by atoms with Gasteiger partial charge in [-0.2, -0.15) is 0 Å². The van der Waals surface area contributed by atoms with E-state index in [-0.39, 0.29) is 11.4 Å². The van der Waals surface area contributed by atoms with Gasteiger partial charge in [-0.1, -0.05) is 45.2 Å². The first-order valence-electron chi connectivity index (χ1n) is 8.66. The van der Waals surface area contributed by atoms with E-state index in [4.69, 9.17) is 11.6 Å². The average molecular weight is 494 g/mol. The van der Waals surface area contributed by atoms with Crippen LogP contribution in [0.4, 0.5) is 11.4 Å². The lowest BCUT2D eigenvalue weighted by Gasteiger charge is -2.24. The van der Waals surface area contributed by atoms with Crippen molar-refractivity contribution in [1.82, 2.24) is 0 Å². The van der Waals surface area contributed by atoms with Crippen molar-refractivity contribution in [3.8, 4) is 0 Å². The van der Waals surface area contributed by atoms with Gasteiger partial charge in [0.2, 0.25) is 5.91 Å². The standard InChI is InChI=1S/C21H18BrClN2O3S/c1-15-2-12-20(13-3-15)29(27,28)25(19-10-4-16(22)5-11-19)14-21(26)24-18-8-6-17(23)7-9-18/h2-13H,14H2,1H3,(H,24,26). The van der Waals surface area contributed by atoms with Crippen LogP contribution in [-0.2, 0) is 14.8 Å². The van der Waals surface area contributed by atoms with E-state index < -0.39 is 15.9 Å². The Bertz CT molecular complexity index is 1100. The molecule has 0 saturated carbocycles. The maximum Gasteiger partial charge on any atom is 0.264 e. The zero-order valence-electron chi connectivity index (χ0n) is 15.5. The van der Waals surface area contributed by atoms with Crippen LogP contribution in [0, 0.1) is 6.92 Å². The van der Waals surface area contributed by atoms with Gasteiger partial charge in [-0.15, -0.1) is 0 Å². The number of hydrogen-bond acceptors (Lipinski definition) is 3. The zero-order chi connectivity index (χ0) is 21.0. The van der Waals surface area contributed by atoms with Gasteiger partial charge in [0.05, 0.1) is 10.6 Å². The molecule has 0 unspecified atom stereocenters. The Balaban J connectivity index is 1.92. The van der Waals surface area contributed by atoms with Gasteiger partial charge in [-0.3, -0.25) is 9.10 Å². The van der Waals surface area contributed by atoms with E-state index in [2.05, 4.69) is 21.2 Å². The Kier molecular flexibility index (Phi) is 6.62. The summed E-state index contributed by atoms with van der Waals surface area (Å²) in [6.45, 7) is 1.50. The minimum absolute atomic E-state index is 0.116. The van der Waals surface area contributed by atoms with E-state index in [9.17, 15) is 13.2 Å². The number of hydrogen-bond donors (Lipinski definition) is 1. The molecule has 8 heteroatoms. The van der Waals surface area contributed by atoms with E-state index >= 15 is 0 Å². The van der Waals surface area contributed by atoms with Crippen LogP contribution in [0.25, 0.3) is 0 Å². The minimum atomic E-state index is -3.94. The molecule has 0 radical (unpaired) electrons. The molecule has 0 bridgehead atoms. The van der Waals surface area contributed by atoms with Crippen LogP contribution < -0.4 is 9.62 Å². The van der Waals surface area contributed by atoms with Crippen LogP contribution in [0.1, 0.15) is 5.56 Å². The van der Waals surface area contributed by atoms with Gasteiger partial charge in [0.15, 0.2) is 0 Å². The molecule has 150 valence electrons. The number of aryl methyl sites for hydroxylation is 1. The third-order valence-electron chi connectivity index (χ3n) is 4.14. The Hall–Kier alpha value is -2.35. The van der Waals surface area contributed by atoms with Crippen LogP contribution in [0.3, 0.4) is 0 Å². The predicted octanol–water partition coefficient (Wildman–Crippen LogP) is 5.24. The maximum absolute atomic E-state index is 13.3. The summed E-state index contributed by atoms with van der Waals surface area (Å²) in [4.78, 5) is 12.7. The first-order valence-corrected chi connectivity index (χ1v) is 11.3. The quantitative estimate of drug-likeness (QED) is 0.510. The molecule has 3 aromatic rings. The monoisotopic (exact) mass is 492 g/mol. The lowest BCUT2D eigenvalue weighted by molar-refractivity contribution is -0.114. The largest absolute Gasteiger partial charge is 0.325 e. The summed E-state index contributed by atoms with van der Waals surface area (Å²) in [6, 6.07) is 19.9.